The zero-order valence-corrected chi connectivity index (χ0v) is 13.9. The molecule has 0 radical (unpaired) electrons. The monoisotopic (exact) mass is 367 g/mol. The SMILES string of the molecule is O=C(CCCNC(=O)c1ccsc1)OCC(=O)c1cc(F)ccc1F. The van der Waals surface area contributed by atoms with Crippen molar-refractivity contribution in [3.63, 3.8) is 0 Å². The number of benzene rings is 1. The summed E-state index contributed by atoms with van der Waals surface area (Å²) in [5.41, 5.74) is 0.0890. The van der Waals surface area contributed by atoms with Crippen molar-refractivity contribution in [3.8, 4) is 0 Å². The van der Waals surface area contributed by atoms with Gasteiger partial charge < -0.3 is 10.1 Å². The molecule has 1 N–H and O–H groups in total. The molecule has 1 aromatic heterocycles. The Balaban J connectivity index is 1.67. The van der Waals surface area contributed by atoms with Crippen molar-refractivity contribution in [3.05, 3.63) is 57.8 Å². The zero-order valence-electron chi connectivity index (χ0n) is 13.1. The van der Waals surface area contributed by atoms with Gasteiger partial charge in [-0.25, -0.2) is 8.78 Å². The molecular weight excluding hydrogens is 352 g/mol. The lowest BCUT2D eigenvalue weighted by atomic mass is 10.1. The van der Waals surface area contributed by atoms with Crippen LogP contribution in [0.5, 0.6) is 0 Å². The standard InChI is InChI=1S/C17H15F2NO4S/c18-12-3-4-14(19)13(8-12)15(21)9-24-16(22)2-1-6-20-17(23)11-5-7-25-10-11/h3-5,7-8,10H,1-2,6,9H2,(H,20,23). The number of amides is 1. The van der Waals surface area contributed by atoms with Gasteiger partial charge in [-0.1, -0.05) is 0 Å². The maximum Gasteiger partial charge on any atom is 0.306 e. The van der Waals surface area contributed by atoms with E-state index in [4.69, 9.17) is 4.74 Å². The molecule has 1 aromatic carbocycles. The number of esters is 1. The lowest BCUT2D eigenvalue weighted by molar-refractivity contribution is -0.142. The molecule has 8 heteroatoms. The van der Waals surface area contributed by atoms with E-state index < -0.39 is 35.6 Å². The third kappa shape index (κ3) is 5.75. The van der Waals surface area contributed by atoms with Crippen molar-refractivity contribution >= 4 is 29.0 Å². The minimum atomic E-state index is -0.876. The van der Waals surface area contributed by atoms with Crippen LogP contribution >= 0.6 is 11.3 Å². The Kier molecular flexibility index (Phi) is 6.76. The summed E-state index contributed by atoms with van der Waals surface area (Å²) in [5.74, 6) is -3.34. The summed E-state index contributed by atoms with van der Waals surface area (Å²) in [6.45, 7) is -0.392. The topological polar surface area (TPSA) is 72.5 Å². The third-order valence-corrected chi connectivity index (χ3v) is 3.90. The summed E-state index contributed by atoms with van der Waals surface area (Å²) in [6, 6.07) is 4.17. The highest BCUT2D eigenvalue weighted by molar-refractivity contribution is 7.08. The molecule has 1 amide bonds. The Morgan fingerprint density at radius 2 is 1.96 bits per heavy atom. The second-order valence-electron chi connectivity index (χ2n) is 5.08. The zero-order chi connectivity index (χ0) is 18.2. The fraction of sp³-hybridized carbons (Fsp3) is 0.235. The van der Waals surface area contributed by atoms with Crippen LogP contribution in [0.25, 0.3) is 0 Å². The highest BCUT2D eigenvalue weighted by Crippen LogP contribution is 2.11. The summed E-state index contributed by atoms with van der Waals surface area (Å²) in [7, 11) is 0. The Hall–Kier alpha value is -2.61. The quantitative estimate of drug-likeness (QED) is 0.442. The third-order valence-electron chi connectivity index (χ3n) is 3.22. The highest BCUT2D eigenvalue weighted by atomic mass is 32.1. The summed E-state index contributed by atoms with van der Waals surface area (Å²) >= 11 is 1.40. The van der Waals surface area contributed by atoms with Gasteiger partial charge in [-0.15, -0.1) is 0 Å². The van der Waals surface area contributed by atoms with Gasteiger partial charge >= 0.3 is 5.97 Å². The molecule has 0 aliphatic heterocycles. The molecule has 5 nitrogen and oxygen atoms in total. The number of carbonyl (C=O) groups is 3. The first kappa shape index (κ1) is 18.7. The van der Waals surface area contributed by atoms with Crippen molar-refractivity contribution in [2.24, 2.45) is 0 Å². The summed E-state index contributed by atoms with van der Waals surface area (Å²) < 4.78 is 31.2. The van der Waals surface area contributed by atoms with E-state index in [9.17, 15) is 23.2 Å². The molecular formula is C17H15F2NO4S. The van der Waals surface area contributed by atoms with E-state index >= 15 is 0 Å². The van der Waals surface area contributed by atoms with Crippen LogP contribution < -0.4 is 5.32 Å². The predicted molar refractivity (Wildman–Crippen MR) is 87.5 cm³/mol. The summed E-state index contributed by atoms with van der Waals surface area (Å²) in [4.78, 5) is 34.9. The number of ether oxygens (including phenoxy) is 1. The van der Waals surface area contributed by atoms with E-state index in [0.717, 1.165) is 18.2 Å². The van der Waals surface area contributed by atoms with Crippen LogP contribution in [0.1, 0.15) is 33.6 Å². The lowest BCUT2D eigenvalue weighted by Gasteiger charge is -2.06. The molecule has 132 valence electrons. The van der Waals surface area contributed by atoms with E-state index in [2.05, 4.69) is 5.32 Å². The normalized spacial score (nSPS) is 10.3. The first-order valence-corrected chi connectivity index (χ1v) is 8.36. The Labute approximate surface area is 146 Å². The van der Waals surface area contributed by atoms with Crippen molar-refractivity contribution < 1.29 is 27.9 Å². The van der Waals surface area contributed by atoms with Crippen molar-refractivity contribution in [1.29, 1.82) is 0 Å². The summed E-state index contributed by atoms with van der Waals surface area (Å²) in [5, 5.41) is 6.14. The molecule has 1 heterocycles. The van der Waals surface area contributed by atoms with Gasteiger partial charge in [-0.05, 0) is 36.1 Å². The molecule has 0 bridgehead atoms. The van der Waals surface area contributed by atoms with Crippen LogP contribution in [0.3, 0.4) is 0 Å². The number of hydrogen-bond acceptors (Lipinski definition) is 5. The van der Waals surface area contributed by atoms with E-state index in [1.165, 1.54) is 11.3 Å². The molecule has 2 rings (SSSR count). The number of carbonyl (C=O) groups excluding carboxylic acids is 3. The average Bonchev–Trinajstić information content (AvgIpc) is 3.13. The number of hydrogen-bond donors (Lipinski definition) is 1. The van der Waals surface area contributed by atoms with Crippen LogP contribution in [-0.2, 0) is 9.53 Å². The van der Waals surface area contributed by atoms with Crippen LogP contribution in [0.2, 0.25) is 0 Å². The van der Waals surface area contributed by atoms with Crippen molar-refractivity contribution in [1.82, 2.24) is 5.32 Å². The predicted octanol–water partition coefficient (Wildman–Crippen LogP) is 2.96. The number of thiophene rings is 1. The van der Waals surface area contributed by atoms with Gasteiger partial charge in [0.2, 0.25) is 5.78 Å². The highest BCUT2D eigenvalue weighted by Gasteiger charge is 2.15. The fourth-order valence-electron chi connectivity index (χ4n) is 1.94. The fourth-order valence-corrected chi connectivity index (χ4v) is 2.57. The number of Topliss-reactive ketones (excluding diaryl/α,β-unsaturated/α-hetero) is 1. The first-order valence-electron chi connectivity index (χ1n) is 7.41. The smallest absolute Gasteiger partial charge is 0.306 e. The molecule has 0 saturated heterocycles. The van der Waals surface area contributed by atoms with Gasteiger partial charge in [0.1, 0.15) is 11.6 Å². The minimum absolute atomic E-state index is 0.0111. The van der Waals surface area contributed by atoms with Crippen molar-refractivity contribution in [2.75, 3.05) is 13.2 Å². The second-order valence-corrected chi connectivity index (χ2v) is 5.86. The van der Waals surface area contributed by atoms with Gasteiger partial charge in [0.05, 0.1) is 5.56 Å². The van der Waals surface area contributed by atoms with Gasteiger partial charge in [0.25, 0.3) is 5.91 Å². The van der Waals surface area contributed by atoms with E-state index in [-0.39, 0.29) is 18.9 Å². The number of ketones is 1. The molecule has 0 saturated carbocycles. The molecule has 0 aliphatic carbocycles. The number of halogens is 2. The molecule has 25 heavy (non-hydrogen) atoms. The minimum Gasteiger partial charge on any atom is -0.457 e. The molecule has 2 aromatic rings. The van der Waals surface area contributed by atoms with Crippen LogP contribution in [-0.4, -0.2) is 30.8 Å². The Morgan fingerprint density at radius 3 is 2.68 bits per heavy atom. The molecule has 0 spiro atoms. The van der Waals surface area contributed by atoms with E-state index in [1.54, 1.807) is 16.8 Å². The maximum atomic E-state index is 13.4. The summed E-state index contributed by atoms with van der Waals surface area (Å²) in [6.07, 6.45) is 0.320. The number of nitrogens with one attached hydrogen (secondary N) is 1. The number of rotatable bonds is 8. The van der Waals surface area contributed by atoms with Crippen LogP contribution in [0, 0.1) is 11.6 Å². The van der Waals surface area contributed by atoms with Gasteiger partial charge in [0, 0.05) is 23.9 Å². The van der Waals surface area contributed by atoms with E-state index in [1.807, 2.05) is 0 Å². The van der Waals surface area contributed by atoms with Gasteiger partial charge in [-0.3, -0.25) is 14.4 Å². The lowest BCUT2D eigenvalue weighted by Crippen LogP contribution is -2.24. The Morgan fingerprint density at radius 1 is 1.16 bits per heavy atom. The molecule has 0 aliphatic rings. The van der Waals surface area contributed by atoms with Crippen molar-refractivity contribution in [2.45, 2.75) is 12.8 Å². The van der Waals surface area contributed by atoms with E-state index in [0.29, 0.717) is 12.0 Å². The van der Waals surface area contributed by atoms with Crippen LogP contribution in [0.15, 0.2) is 35.0 Å². The Bertz CT molecular complexity index is 762. The first-order chi connectivity index (χ1) is 12.0. The van der Waals surface area contributed by atoms with Crippen LogP contribution in [0.4, 0.5) is 8.78 Å². The molecule has 0 fully saturated rings. The molecule has 0 unspecified atom stereocenters. The maximum absolute atomic E-state index is 13.4. The largest absolute Gasteiger partial charge is 0.457 e. The average molecular weight is 367 g/mol. The van der Waals surface area contributed by atoms with Gasteiger partial charge in [-0.2, -0.15) is 11.3 Å². The second kappa shape index (κ2) is 9.03. The molecule has 0 atom stereocenters. The van der Waals surface area contributed by atoms with Gasteiger partial charge in [0.15, 0.2) is 6.61 Å².